The van der Waals surface area contributed by atoms with E-state index in [1.807, 2.05) is 20.8 Å². The molecule has 0 aromatic heterocycles. The maximum absolute atomic E-state index is 11.5. The molecular weight excluding hydrogens is 309 g/mol. The molecule has 1 unspecified atom stereocenters. The summed E-state index contributed by atoms with van der Waals surface area (Å²) < 4.78 is 14.3. The molecule has 21 heavy (non-hydrogen) atoms. The topological polar surface area (TPSA) is 70.9 Å². The quantitative estimate of drug-likeness (QED) is 0.510. The molecule has 126 valence electrons. The molecule has 0 aliphatic carbocycles. The fourth-order valence-electron chi connectivity index (χ4n) is 1.34. The summed E-state index contributed by atoms with van der Waals surface area (Å²) in [6.45, 7) is 16.2. The van der Waals surface area contributed by atoms with Crippen LogP contribution < -0.4 is 9.79 Å². The normalized spacial score (nSPS) is 11.9. The van der Waals surface area contributed by atoms with Crippen LogP contribution in [0.2, 0.25) is 0 Å². The predicted molar refractivity (Wildman–Crippen MR) is 87.7 cm³/mol. The van der Waals surface area contributed by atoms with Crippen LogP contribution in [0.4, 0.5) is 0 Å². The van der Waals surface area contributed by atoms with E-state index in [1.54, 1.807) is 4.90 Å². The lowest BCUT2D eigenvalue weighted by atomic mass is 9.92. The van der Waals surface area contributed by atoms with Gasteiger partial charge in [-0.3, -0.25) is 4.79 Å². The van der Waals surface area contributed by atoms with Crippen molar-refractivity contribution in [2.24, 2.45) is 5.41 Å². The van der Waals surface area contributed by atoms with Crippen molar-refractivity contribution in [1.29, 1.82) is 0 Å². The largest absolute Gasteiger partial charge is 0.566 e. The van der Waals surface area contributed by atoms with Gasteiger partial charge in [0.25, 0.3) is 0 Å². The Labute approximate surface area is 134 Å². The molecule has 0 heterocycles. The maximum atomic E-state index is 11.5. The molecule has 0 aliphatic heterocycles. The van der Waals surface area contributed by atoms with Crippen molar-refractivity contribution in [3.63, 3.8) is 0 Å². The van der Waals surface area contributed by atoms with Gasteiger partial charge in [-0.1, -0.05) is 32.5 Å². The average molecular weight is 340 g/mol. The third-order valence-electron chi connectivity index (χ3n) is 3.45. The second-order valence-electron chi connectivity index (χ2n) is 5.24. The maximum Gasteiger partial charge on any atom is 0.488 e. The van der Waals surface area contributed by atoms with Crippen LogP contribution in [0.5, 0.6) is 0 Å². The highest BCUT2D eigenvalue weighted by molar-refractivity contribution is 8.13. The Morgan fingerprint density at radius 3 is 1.95 bits per heavy atom. The molecule has 0 saturated heterocycles. The summed E-state index contributed by atoms with van der Waals surface area (Å²) in [7, 11) is -2.79. The third kappa shape index (κ3) is 13.4. The summed E-state index contributed by atoms with van der Waals surface area (Å²) in [5.41, 5.74) is -0.343. The molecule has 0 aromatic carbocycles. The summed E-state index contributed by atoms with van der Waals surface area (Å²) in [6, 6.07) is 0. The first kappa shape index (κ1) is 23.3. The van der Waals surface area contributed by atoms with E-state index in [0.717, 1.165) is 18.2 Å². The number of thioether (sulfide) groups is 1. The van der Waals surface area contributed by atoms with Crippen LogP contribution in [0.3, 0.4) is 0 Å². The van der Waals surface area contributed by atoms with Crippen molar-refractivity contribution in [2.45, 2.75) is 48.0 Å². The molecule has 1 N–H and O–H groups in total. The molecule has 0 fully saturated rings. The monoisotopic (exact) mass is 340 g/mol. The zero-order chi connectivity index (χ0) is 16.9. The van der Waals surface area contributed by atoms with E-state index in [9.17, 15) is 14.3 Å². The van der Waals surface area contributed by atoms with Crippen LogP contribution in [-0.2, 0) is 13.9 Å². The van der Waals surface area contributed by atoms with Crippen molar-refractivity contribution in [3.8, 4) is 0 Å². The van der Waals surface area contributed by atoms with Crippen LogP contribution in [0.25, 0.3) is 0 Å². The van der Waals surface area contributed by atoms with Gasteiger partial charge < -0.3 is 9.79 Å². The number of rotatable bonds is 9. The first-order chi connectivity index (χ1) is 9.74. The van der Waals surface area contributed by atoms with E-state index in [2.05, 4.69) is 25.3 Å². The van der Waals surface area contributed by atoms with Gasteiger partial charge in [-0.2, -0.15) is 0 Å². The van der Waals surface area contributed by atoms with Gasteiger partial charge in [0.05, 0.1) is 19.6 Å². The lowest BCUT2D eigenvalue weighted by Gasteiger charge is -2.19. The number of hydrogen-bond donors (Lipinski definition) is 1. The van der Waals surface area contributed by atoms with E-state index >= 15 is 0 Å². The van der Waals surface area contributed by atoms with Crippen LogP contribution in [0.15, 0.2) is 0 Å². The highest BCUT2D eigenvalue weighted by Gasteiger charge is 2.25. The van der Waals surface area contributed by atoms with Gasteiger partial charge in [0.15, 0.2) is 5.12 Å². The molecule has 1 atom stereocenters. The fourth-order valence-corrected chi connectivity index (χ4v) is 2.59. The summed E-state index contributed by atoms with van der Waals surface area (Å²) in [6.07, 6.45) is 0.773. The van der Waals surface area contributed by atoms with E-state index in [0.29, 0.717) is 5.75 Å². The van der Waals surface area contributed by atoms with E-state index in [-0.39, 0.29) is 17.1 Å². The van der Waals surface area contributed by atoms with Gasteiger partial charge >= 0.3 is 8.25 Å². The Hall–Kier alpha value is -0.0000000000000000416. The Balaban J connectivity index is 0. The van der Waals surface area contributed by atoms with Crippen LogP contribution in [0, 0.1) is 5.41 Å². The Morgan fingerprint density at radius 1 is 1.19 bits per heavy atom. The minimum absolute atomic E-state index is 0.0644. The first-order valence-corrected chi connectivity index (χ1v) is 9.61. The number of nitrogens with one attached hydrogen (secondary N) is 1. The van der Waals surface area contributed by atoms with Gasteiger partial charge in [0.2, 0.25) is 0 Å². The molecule has 0 rings (SSSR count). The lowest BCUT2D eigenvalue weighted by molar-refractivity contribution is -0.894. The highest BCUT2D eigenvalue weighted by Crippen LogP contribution is 2.27. The molecule has 0 aromatic rings. The van der Waals surface area contributed by atoms with Crippen molar-refractivity contribution < 1.29 is 23.7 Å². The number of carbonyl (C=O) groups excluding carboxylic acids is 1. The van der Waals surface area contributed by atoms with Gasteiger partial charge in [-0.05, 0) is 31.8 Å². The fraction of sp³-hybridized carbons (Fsp3) is 0.929. The molecular formula is C14H31NO4PS+. The molecule has 0 saturated carbocycles. The van der Waals surface area contributed by atoms with Gasteiger partial charge in [0, 0.05) is 11.2 Å². The van der Waals surface area contributed by atoms with Gasteiger partial charge in [0.1, 0.15) is 6.61 Å². The summed E-state index contributed by atoms with van der Waals surface area (Å²) >= 11 is 1.12. The smallest absolute Gasteiger partial charge is 0.488 e. The van der Waals surface area contributed by atoms with E-state index in [4.69, 9.17) is 0 Å². The summed E-state index contributed by atoms with van der Waals surface area (Å²) in [5, 5.41) is 0.0738. The number of carbonyl (C=O) groups is 1. The molecule has 0 spiro atoms. The van der Waals surface area contributed by atoms with Gasteiger partial charge in [-0.25, -0.2) is 0 Å². The zero-order valence-corrected chi connectivity index (χ0v) is 15.9. The van der Waals surface area contributed by atoms with E-state index < -0.39 is 8.25 Å². The number of hydrogen-bond acceptors (Lipinski definition) is 5. The predicted octanol–water partition coefficient (Wildman–Crippen LogP) is 1.65. The minimum atomic E-state index is -2.79. The Bertz CT molecular complexity index is 291. The second kappa shape index (κ2) is 13.6. The van der Waals surface area contributed by atoms with Crippen molar-refractivity contribution in [1.82, 2.24) is 0 Å². The van der Waals surface area contributed by atoms with Crippen LogP contribution in [-0.4, -0.2) is 37.1 Å². The van der Waals surface area contributed by atoms with Crippen molar-refractivity contribution in [2.75, 3.05) is 32.0 Å². The summed E-state index contributed by atoms with van der Waals surface area (Å²) in [5.74, 6) is 0.381. The molecule has 0 aliphatic rings. The first-order valence-electron chi connectivity index (χ1n) is 7.53. The summed E-state index contributed by atoms with van der Waals surface area (Å²) in [4.78, 5) is 23.2. The second-order valence-corrected chi connectivity index (χ2v) is 7.01. The van der Waals surface area contributed by atoms with Crippen molar-refractivity contribution in [3.05, 3.63) is 0 Å². The highest BCUT2D eigenvalue weighted by atomic mass is 32.2. The Kier molecular flexibility index (Phi) is 15.1. The van der Waals surface area contributed by atoms with Crippen LogP contribution >= 0.6 is 20.0 Å². The molecule has 0 bridgehead atoms. The average Bonchev–Trinajstić information content (AvgIpc) is 2.45. The third-order valence-corrected chi connectivity index (χ3v) is 5.03. The molecule has 5 nitrogen and oxygen atoms in total. The lowest BCUT2D eigenvalue weighted by Crippen LogP contribution is -3.11. The van der Waals surface area contributed by atoms with E-state index in [1.165, 1.54) is 19.6 Å². The minimum Gasteiger partial charge on any atom is -0.566 e. The SMILES string of the molecule is CCC(C)(C)C(=O)SCCO[P+](=O)[O-].CC[NH+](CC)CC. The van der Waals surface area contributed by atoms with Crippen LogP contribution in [0.1, 0.15) is 48.0 Å². The standard InChI is InChI=1S/C8H15O4PS.C6H15N/c1-4-8(2,3)7(9)14-6-5-12-13(10)11;1-4-7(5-2)6-3/h4-6H2,1-3H3;4-6H2,1-3H3/p+1. The zero-order valence-electron chi connectivity index (χ0n) is 14.2. The Morgan fingerprint density at radius 2 is 1.67 bits per heavy atom. The van der Waals surface area contributed by atoms with Crippen molar-refractivity contribution >= 4 is 25.1 Å². The molecule has 0 amide bonds. The molecule has 7 heteroatoms. The number of quaternary nitrogens is 1. The molecule has 0 radical (unpaired) electrons. The van der Waals surface area contributed by atoms with Gasteiger partial charge in [-0.15, -0.1) is 4.52 Å².